The predicted octanol–water partition coefficient (Wildman–Crippen LogP) is 6.30. The van der Waals surface area contributed by atoms with Gasteiger partial charge in [0.1, 0.15) is 35.3 Å². The fourth-order valence-corrected chi connectivity index (χ4v) is 5.88. The molecule has 0 radical (unpaired) electrons. The molecule has 0 N–H and O–H groups in total. The molecule has 0 bridgehead atoms. The molecule has 0 saturated carbocycles. The van der Waals surface area contributed by atoms with Crippen molar-refractivity contribution >= 4 is 30.0 Å². The lowest BCUT2D eigenvalue weighted by Crippen LogP contribution is -2.36. The van der Waals surface area contributed by atoms with Gasteiger partial charge < -0.3 is 33.2 Å². The minimum atomic E-state index is -0.811. The first-order valence-electron chi connectivity index (χ1n) is 17.6. The lowest BCUT2D eigenvalue weighted by molar-refractivity contribution is -0.148. The van der Waals surface area contributed by atoms with E-state index in [4.69, 9.17) is 33.2 Å². The van der Waals surface area contributed by atoms with Crippen LogP contribution in [0.4, 0.5) is 0 Å². The summed E-state index contributed by atoms with van der Waals surface area (Å²) in [6.45, 7) is 4.07. The van der Waals surface area contributed by atoms with Gasteiger partial charge in [-0.2, -0.15) is 5.26 Å². The number of unbranched alkanes of at least 4 members (excludes halogenated alkanes) is 1. The van der Waals surface area contributed by atoms with Crippen LogP contribution in [0.25, 0.3) is 17.2 Å². The van der Waals surface area contributed by atoms with Gasteiger partial charge in [0.05, 0.1) is 37.6 Å². The number of hydrogen-bond donors (Lipinski definition) is 0. The second kappa shape index (κ2) is 18.5. The molecule has 0 spiro atoms. The van der Waals surface area contributed by atoms with E-state index in [-0.39, 0.29) is 36.7 Å². The Bertz CT molecular complexity index is 2050. The van der Waals surface area contributed by atoms with Crippen molar-refractivity contribution in [3.05, 3.63) is 138 Å². The van der Waals surface area contributed by atoms with Gasteiger partial charge in [-0.15, -0.1) is 0 Å². The van der Waals surface area contributed by atoms with Gasteiger partial charge in [-0.1, -0.05) is 61.2 Å². The highest BCUT2D eigenvalue weighted by Gasteiger charge is 2.51. The van der Waals surface area contributed by atoms with Crippen LogP contribution in [0, 0.1) is 11.3 Å². The first kappa shape index (κ1) is 38.2. The van der Waals surface area contributed by atoms with Crippen molar-refractivity contribution in [2.75, 3.05) is 26.4 Å². The molecule has 4 aromatic carbocycles. The second-order valence-electron chi connectivity index (χ2n) is 12.5. The lowest BCUT2D eigenvalue weighted by atomic mass is 10.0. The Kier molecular flexibility index (Phi) is 12.8. The van der Waals surface area contributed by atoms with Crippen molar-refractivity contribution in [2.45, 2.75) is 37.3 Å². The molecule has 280 valence electrons. The van der Waals surface area contributed by atoms with Crippen molar-refractivity contribution in [1.82, 2.24) is 0 Å². The van der Waals surface area contributed by atoms with Crippen LogP contribution in [0.2, 0.25) is 0 Å². The van der Waals surface area contributed by atoms with Crippen molar-refractivity contribution in [3.63, 3.8) is 0 Å². The molecular weight excluding hydrogens is 706 g/mol. The number of nitrogens with zero attached hydrogens (tertiary/aromatic N) is 1. The van der Waals surface area contributed by atoms with Crippen LogP contribution >= 0.6 is 0 Å². The van der Waals surface area contributed by atoms with E-state index in [1.807, 2.05) is 60.7 Å². The van der Waals surface area contributed by atoms with E-state index in [1.165, 1.54) is 30.3 Å². The summed E-state index contributed by atoms with van der Waals surface area (Å²) in [6, 6.07) is 31.6. The average Bonchev–Trinajstić information content (AvgIpc) is 3.81. The smallest absolute Gasteiger partial charge is 0.349 e. The second-order valence-corrected chi connectivity index (χ2v) is 12.5. The molecular formula is C43H37NO11. The number of ether oxygens (including phenoxy) is 7. The first-order chi connectivity index (χ1) is 26.8. The number of rotatable bonds is 15. The summed E-state index contributed by atoms with van der Waals surface area (Å²) in [4.78, 5) is 49.7. The topological polar surface area (TPSA) is 157 Å². The molecule has 12 heteroatoms. The maximum atomic E-state index is 13.0. The maximum absolute atomic E-state index is 13.0. The standard InChI is InChI=1S/C43H37NO11/c1-2-38(45)50-23-7-6-22-49-34-18-14-31(15-19-34)41(46)53-35-20-16-32(17-21-35)42(47)54-36-26-51-40-37(27-52-39(36)40)55-43(48)33(25-44)24-28-10-12-30(13-11-28)29-8-4-3-5-9-29/h2-5,8-21,24,36-37,39-40H,1,6-7,22-23,26-27H2/t36-,37+,39+,40+/m0/s1. The molecule has 2 saturated heterocycles. The van der Waals surface area contributed by atoms with E-state index in [9.17, 15) is 24.4 Å². The molecule has 0 aromatic heterocycles. The highest BCUT2D eigenvalue weighted by atomic mass is 16.7. The zero-order chi connectivity index (χ0) is 38.6. The fourth-order valence-electron chi connectivity index (χ4n) is 5.88. The number of nitriles is 1. The third kappa shape index (κ3) is 10.1. The molecule has 2 heterocycles. The largest absolute Gasteiger partial charge is 0.494 e. The molecule has 12 nitrogen and oxygen atoms in total. The van der Waals surface area contributed by atoms with Crippen LogP contribution < -0.4 is 9.47 Å². The maximum Gasteiger partial charge on any atom is 0.349 e. The van der Waals surface area contributed by atoms with E-state index in [0.717, 1.165) is 17.2 Å². The number of fused-ring (bicyclic) bond motifs is 1. The summed E-state index contributed by atoms with van der Waals surface area (Å²) >= 11 is 0. The van der Waals surface area contributed by atoms with E-state index in [0.29, 0.717) is 36.3 Å². The molecule has 0 amide bonds. The van der Waals surface area contributed by atoms with Gasteiger partial charge in [-0.25, -0.2) is 19.2 Å². The molecule has 0 unspecified atom stereocenters. The van der Waals surface area contributed by atoms with Gasteiger partial charge >= 0.3 is 23.9 Å². The van der Waals surface area contributed by atoms with Crippen molar-refractivity contribution in [2.24, 2.45) is 0 Å². The van der Waals surface area contributed by atoms with Crippen LogP contribution in [0.15, 0.2) is 121 Å². The molecule has 0 aliphatic carbocycles. The van der Waals surface area contributed by atoms with Crippen LogP contribution in [0.1, 0.15) is 39.1 Å². The van der Waals surface area contributed by atoms with Gasteiger partial charge in [0.25, 0.3) is 0 Å². The van der Waals surface area contributed by atoms with Gasteiger partial charge in [0.2, 0.25) is 0 Å². The van der Waals surface area contributed by atoms with Crippen molar-refractivity contribution in [1.29, 1.82) is 5.26 Å². The molecule has 6 rings (SSSR count). The zero-order valence-corrected chi connectivity index (χ0v) is 29.7. The average molecular weight is 744 g/mol. The van der Waals surface area contributed by atoms with Crippen molar-refractivity contribution < 1.29 is 52.3 Å². The Hall–Kier alpha value is -6.55. The van der Waals surface area contributed by atoms with E-state index >= 15 is 0 Å². The quantitative estimate of drug-likeness (QED) is 0.0335. The van der Waals surface area contributed by atoms with E-state index in [2.05, 4.69) is 6.58 Å². The summed E-state index contributed by atoms with van der Waals surface area (Å²) < 4.78 is 39.0. The number of carbonyl (C=O) groups excluding carboxylic acids is 4. The predicted molar refractivity (Wildman–Crippen MR) is 198 cm³/mol. The van der Waals surface area contributed by atoms with Crippen LogP contribution in [-0.2, 0) is 33.3 Å². The fraction of sp³-hybridized carbons (Fsp3) is 0.233. The number of benzene rings is 4. The number of hydrogen-bond acceptors (Lipinski definition) is 12. The molecule has 2 aliphatic heterocycles. The summed E-state index contributed by atoms with van der Waals surface area (Å²) in [7, 11) is 0. The monoisotopic (exact) mass is 743 g/mol. The van der Waals surface area contributed by atoms with Gasteiger partial charge in [0, 0.05) is 6.08 Å². The molecule has 2 fully saturated rings. The van der Waals surface area contributed by atoms with Crippen LogP contribution in [-0.4, -0.2) is 74.7 Å². The van der Waals surface area contributed by atoms with E-state index < -0.39 is 48.3 Å². The van der Waals surface area contributed by atoms with Crippen LogP contribution in [0.5, 0.6) is 11.5 Å². The Balaban J connectivity index is 0.944. The number of carbonyl (C=O) groups is 4. The summed E-state index contributed by atoms with van der Waals surface area (Å²) in [5.74, 6) is -1.71. The SMILES string of the molecule is C=CC(=O)OCCCCOc1ccc(C(=O)Oc2ccc(C(=O)O[C@H]3CO[C@H]4[C@@H]3OC[C@H]4OC(=O)C(C#N)=Cc3ccc(-c4ccccc4)cc3)cc2)cc1. The molecule has 4 atom stereocenters. The normalized spacial score (nSPS) is 18.6. The summed E-state index contributed by atoms with van der Waals surface area (Å²) in [5, 5.41) is 9.70. The van der Waals surface area contributed by atoms with Gasteiger partial charge in [0.15, 0.2) is 12.2 Å². The molecule has 4 aromatic rings. The van der Waals surface area contributed by atoms with E-state index in [1.54, 1.807) is 24.3 Å². The Morgan fingerprint density at radius 2 is 1.29 bits per heavy atom. The van der Waals surface area contributed by atoms with Gasteiger partial charge in [-0.05, 0) is 84.1 Å². The van der Waals surface area contributed by atoms with Gasteiger partial charge in [-0.3, -0.25) is 0 Å². The first-order valence-corrected chi connectivity index (χ1v) is 17.6. The Morgan fingerprint density at radius 1 is 0.709 bits per heavy atom. The minimum absolute atomic E-state index is 0.00597. The lowest BCUT2D eigenvalue weighted by Gasteiger charge is -2.17. The molecule has 55 heavy (non-hydrogen) atoms. The third-order valence-corrected chi connectivity index (χ3v) is 8.76. The summed E-state index contributed by atoms with van der Waals surface area (Å²) in [5.41, 5.74) is 3.05. The Labute approximate surface area is 317 Å². The highest BCUT2D eigenvalue weighted by molar-refractivity contribution is 5.98. The molecule has 2 aliphatic rings. The highest BCUT2D eigenvalue weighted by Crippen LogP contribution is 2.32. The zero-order valence-electron chi connectivity index (χ0n) is 29.7. The minimum Gasteiger partial charge on any atom is -0.494 e. The Morgan fingerprint density at radius 3 is 1.93 bits per heavy atom. The van der Waals surface area contributed by atoms with Crippen molar-refractivity contribution in [3.8, 4) is 28.7 Å². The number of esters is 4. The summed E-state index contributed by atoms with van der Waals surface area (Å²) in [6.07, 6.45) is 0.969. The third-order valence-electron chi connectivity index (χ3n) is 8.76. The van der Waals surface area contributed by atoms with Crippen LogP contribution in [0.3, 0.4) is 0 Å².